The van der Waals surface area contributed by atoms with Crippen molar-refractivity contribution in [2.75, 3.05) is 51.0 Å². The lowest BCUT2D eigenvalue weighted by Gasteiger charge is -2.27. The highest BCUT2D eigenvalue weighted by molar-refractivity contribution is 5.89. The molecule has 0 fully saturated rings. The van der Waals surface area contributed by atoms with Crippen LogP contribution in [0.2, 0.25) is 0 Å². The van der Waals surface area contributed by atoms with E-state index < -0.39 is 0 Å². The second-order valence-electron chi connectivity index (χ2n) is 8.20. The standard InChI is InChI=1S/C23H33N3O2/c1-7-25(14-9-15-26(4,5)6)20-10-8-11-21(16-20)28-22-13-12-18(2)23(17-22)24-19(3)27/h8,10-13,16-17H,7,9,14-15H2,1-6H3/p+1. The van der Waals surface area contributed by atoms with Gasteiger partial charge in [-0.1, -0.05) is 12.1 Å². The Kier molecular flexibility index (Phi) is 7.46. The van der Waals surface area contributed by atoms with Crippen molar-refractivity contribution in [1.29, 1.82) is 0 Å². The van der Waals surface area contributed by atoms with E-state index in [0.717, 1.165) is 53.2 Å². The summed E-state index contributed by atoms with van der Waals surface area (Å²) in [6.07, 6.45) is 1.14. The van der Waals surface area contributed by atoms with Crippen molar-refractivity contribution in [2.24, 2.45) is 0 Å². The van der Waals surface area contributed by atoms with Gasteiger partial charge in [-0.15, -0.1) is 0 Å². The van der Waals surface area contributed by atoms with Crippen molar-refractivity contribution in [3.63, 3.8) is 0 Å². The lowest BCUT2D eigenvalue weighted by Crippen LogP contribution is -2.37. The third kappa shape index (κ3) is 6.89. The summed E-state index contributed by atoms with van der Waals surface area (Å²) in [6, 6.07) is 13.9. The molecule has 1 amide bonds. The van der Waals surface area contributed by atoms with Gasteiger partial charge in [0.2, 0.25) is 5.91 Å². The molecule has 0 aliphatic carbocycles. The van der Waals surface area contributed by atoms with Crippen LogP contribution >= 0.6 is 0 Å². The molecule has 0 saturated heterocycles. The van der Waals surface area contributed by atoms with Crippen LogP contribution in [-0.4, -0.2) is 51.2 Å². The minimum absolute atomic E-state index is 0.0882. The van der Waals surface area contributed by atoms with Crippen LogP contribution in [0.5, 0.6) is 11.5 Å². The predicted octanol–water partition coefficient (Wildman–Crippen LogP) is 4.67. The molecule has 0 spiro atoms. The highest BCUT2D eigenvalue weighted by Gasteiger charge is 2.11. The molecule has 1 N–H and O–H groups in total. The van der Waals surface area contributed by atoms with E-state index in [9.17, 15) is 4.79 Å². The number of amides is 1. The molecular weight excluding hydrogens is 350 g/mol. The summed E-state index contributed by atoms with van der Waals surface area (Å²) in [7, 11) is 6.67. The Morgan fingerprint density at radius 1 is 1.11 bits per heavy atom. The van der Waals surface area contributed by atoms with Crippen molar-refractivity contribution >= 4 is 17.3 Å². The molecule has 2 rings (SSSR count). The first-order valence-corrected chi connectivity index (χ1v) is 9.89. The maximum Gasteiger partial charge on any atom is 0.221 e. The van der Waals surface area contributed by atoms with Gasteiger partial charge in [-0.05, 0) is 37.6 Å². The van der Waals surface area contributed by atoms with E-state index in [1.807, 2.05) is 37.3 Å². The molecular formula is C23H34N3O2+. The third-order valence-electron chi connectivity index (χ3n) is 4.58. The monoisotopic (exact) mass is 384 g/mol. The van der Waals surface area contributed by atoms with Crippen LogP contribution in [0.1, 0.15) is 25.8 Å². The van der Waals surface area contributed by atoms with Gasteiger partial charge in [0.25, 0.3) is 0 Å². The molecule has 5 nitrogen and oxygen atoms in total. The first-order valence-electron chi connectivity index (χ1n) is 9.89. The molecule has 0 atom stereocenters. The maximum atomic E-state index is 11.4. The molecule has 0 aliphatic heterocycles. The van der Waals surface area contributed by atoms with Crippen LogP contribution in [0, 0.1) is 6.92 Å². The Morgan fingerprint density at radius 3 is 2.46 bits per heavy atom. The number of benzene rings is 2. The van der Waals surface area contributed by atoms with Crippen LogP contribution in [0.3, 0.4) is 0 Å². The molecule has 2 aromatic carbocycles. The lowest BCUT2D eigenvalue weighted by atomic mass is 10.2. The summed E-state index contributed by atoms with van der Waals surface area (Å²) in [5.74, 6) is 1.41. The summed E-state index contributed by atoms with van der Waals surface area (Å²) in [5.41, 5.74) is 2.94. The molecule has 0 saturated carbocycles. The van der Waals surface area contributed by atoms with Crippen molar-refractivity contribution < 1.29 is 14.0 Å². The average molecular weight is 385 g/mol. The van der Waals surface area contributed by atoms with Crippen molar-refractivity contribution in [3.8, 4) is 11.5 Å². The zero-order valence-electron chi connectivity index (χ0n) is 18.1. The quantitative estimate of drug-likeness (QED) is 0.639. The van der Waals surface area contributed by atoms with E-state index in [4.69, 9.17) is 4.74 Å². The normalized spacial score (nSPS) is 11.2. The number of hydrogen-bond donors (Lipinski definition) is 1. The number of aryl methyl sites for hydroxylation is 1. The predicted molar refractivity (Wildman–Crippen MR) is 117 cm³/mol. The maximum absolute atomic E-state index is 11.4. The molecule has 0 aromatic heterocycles. The van der Waals surface area contributed by atoms with E-state index >= 15 is 0 Å². The van der Waals surface area contributed by atoms with Gasteiger partial charge in [0.1, 0.15) is 11.5 Å². The van der Waals surface area contributed by atoms with Gasteiger partial charge in [-0.25, -0.2) is 0 Å². The molecule has 2 aromatic rings. The van der Waals surface area contributed by atoms with Crippen LogP contribution < -0.4 is 15.0 Å². The van der Waals surface area contributed by atoms with Crippen molar-refractivity contribution in [1.82, 2.24) is 0 Å². The van der Waals surface area contributed by atoms with Gasteiger partial charge < -0.3 is 19.4 Å². The fourth-order valence-electron chi connectivity index (χ4n) is 3.07. The van der Waals surface area contributed by atoms with E-state index in [1.54, 1.807) is 0 Å². The Morgan fingerprint density at radius 2 is 1.82 bits per heavy atom. The highest BCUT2D eigenvalue weighted by Crippen LogP contribution is 2.29. The summed E-state index contributed by atoms with van der Waals surface area (Å²) < 4.78 is 7.05. The Balaban J connectivity index is 2.11. The summed E-state index contributed by atoms with van der Waals surface area (Å²) >= 11 is 0. The molecule has 28 heavy (non-hydrogen) atoms. The van der Waals surface area contributed by atoms with Gasteiger partial charge in [0.15, 0.2) is 0 Å². The largest absolute Gasteiger partial charge is 0.457 e. The zero-order chi connectivity index (χ0) is 20.7. The topological polar surface area (TPSA) is 41.6 Å². The molecule has 0 heterocycles. The average Bonchev–Trinajstić information content (AvgIpc) is 2.60. The number of rotatable bonds is 9. The zero-order valence-corrected chi connectivity index (χ0v) is 18.1. The number of nitrogens with one attached hydrogen (secondary N) is 1. The van der Waals surface area contributed by atoms with E-state index in [1.165, 1.54) is 6.92 Å². The summed E-state index contributed by atoms with van der Waals surface area (Å²) in [6.45, 7) is 8.77. The molecule has 0 unspecified atom stereocenters. The fraction of sp³-hybridized carbons (Fsp3) is 0.435. The number of quaternary nitrogens is 1. The number of anilines is 2. The molecule has 0 radical (unpaired) electrons. The van der Waals surface area contributed by atoms with E-state index in [-0.39, 0.29) is 5.91 Å². The second-order valence-corrected chi connectivity index (χ2v) is 8.20. The van der Waals surface area contributed by atoms with E-state index in [2.05, 4.69) is 50.4 Å². The smallest absolute Gasteiger partial charge is 0.221 e. The third-order valence-corrected chi connectivity index (χ3v) is 4.58. The first kappa shape index (κ1) is 21.8. The molecule has 5 heteroatoms. The van der Waals surface area contributed by atoms with Crippen LogP contribution in [0.4, 0.5) is 11.4 Å². The SMILES string of the molecule is CCN(CCC[N+](C)(C)C)c1cccc(Oc2ccc(C)c(NC(C)=O)c2)c1. The minimum atomic E-state index is -0.0882. The number of hydrogen-bond acceptors (Lipinski definition) is 3. The Labute approximate surface area is 169 Å². The van der Waals surface area contributed by atoms with Crippen molar-refractivity contribution in [2.45, 2.75) is 27.2 Å². The molecule has 0 bridgehead atoms. The Hall–Kier alpha value is -2.53. The lowest BCUT2D eigenvalue weighted by molar-refractivity contribution is -0.870. The van der Waals surface area contributed by atoms with Gasteiger partial charge in [-0.3, -0.25) is 4.79 Å². The van der Waals surface area contributed by atoms with Gasteiger partial charge in [0.05, 0.1) is 27.7 Å². The van der Waals surface area contributed by atoms with Crippen LogP contribution in [0.25, 0.3) is 0 Å². The number of ether oxygens (including phenoxy) is 1. The fourth-order valence-corrected chi connectivity index (χ4v) is 3.07. The van der Waals surface area contributed by atoms with Gasteiger partial charge >= 0.3 is 0 Å². The van der Waals surface area contributed by atoms with Crippen LogP contribution in [0.15, 0.2) is 42.5 Å². The number of nitrogens with zero attached hydrogens (tertiary/aromatic N) is 2. The van der Waals surface area contributed by atoms with Gasteiger partial charge in [-0.2, -0.15) is 0 Å². The molecule has 152 valence electrons. The first-order chi connectivity index (χ1) is 13.2. The number of carbonyl (C=O) groups is 1. The van der Waals surface area contributed by atoms with E-state index in [0.29, 0.717) is 5.75 Å². The Bertz CT molecular complexity index is 797. The molecule has 0 aliphatic rings. The highest BCUT2D eigenvalue weighted by atomic mass is 16.5. The van der Waals surface area contributed by atoms with Crippen LogP contribution in [-0.2, 0) is 4.79 Å². The minimum Gasteiger partial charge on any atom is -0.457 e. The number of carbonyl (C=O) groups excluding carboxylic acids is 1. The second kappa shape index (κ2) is 9.60. The summed E-state index contributed by atoms with van der Waals surface area (Å²) in [5, 5.41) is 2.84. The van der Waals surface area contributed by atoms with Crippen molar-refractivity contribution in [3.05, 3.63) is 48.0 Å². The van der Waals surface area contributed by atoms with Gasteiger partial charge in [0, 0.05) is 49.9 Å². The summed E-state index contributed by atoms with van der Waals surface area (Å²) in [4.78, 5) is 13.8.